The highest BCUT2D eigenvalue weighted by Crippen LogP contribution is 2.45. The summed E-state index contributed by atoms with van der Waals surface area (Å²) in [5, 5.41) is 19.2. The normalized spacial score (nSPS) is 21.8. The highest BCUT2D eigenvalue weighted by Gasteiger charge is 2.41. The monoisotopic (exact) mass is 452 g/mol. The van der Waals surface area contributed by atoms with Gasteiger partial charge in [-0.25, -0.2) is 9.18 Å². The molecule has 2 aromatic carbocycles. The average Bonchev–Trinajstić information content (AvgIpc) is 3.23. The van der Waals surface area contributed by atoms with Crippen molar-refractivity contribution in [1.29, 1.82) is 0 Å². The first kappa shape index (κ1) is 21.0. The second-order valence-electron chi connectivity index (χ2n) is 8.54. The van der Waals surface area contributed by atoms with Crippen LogP contribution in [0.25, 0.3) is 10.9 Å². The van der Waals surface area contributed by atoms with E-state index in [9.17, 15) is 24.6 Å². The number of benzene rings is 2. The molecule has 0 radical (unpaired) electrons. The lowest BCUT2D eigenvalue weighted by atomic mass is 9.89. The maximum absolute atomic E-state index is 15.5. The summed E-state index contributed by atoms with van der Waals surface area (Å²) in [4.78, 5) is 38.0. The van der Waals surface area contributed by atoms with Gasteiger partial charge in [0, 0.05) is 25.2 Å². The van der Waals surface area contributed by atoms with Crippen molar-refractivity contribution in [3.63, 3.8) is 0 Å². The molecule has 0 aliphatic carbocycles. The van der Waals surface area contributed by atoms with E-state index in [1.165, 1.54) is 6.20 Å². The Kier molecular flexibility index (Phi) is 4.84. The number of aromatic nitrogens is 1. The molecule has 2 aliphatic rings. The van der Waals surface area contributed by atoms with Crippen LogP contribution >= 0.6 is 0 Å². The van der Waals surface area contributed by atoms with Crippen LogP contribution in [-0.4, -0.2) is 46.4 Å². The largest absolute Gasteiger partial charge is 0.487 e. The van der Waals surface area contributed by atoms with E-state index in [4.69, 9.17) is 4.74 Å². The number of carboxylic acid groups (broad SMARTS) is 2. The molecule has 3 atom stereocenters. The Morgan fingerprint density at radius 2 is 1.88 bits per heavy atom. The van der Waals surface area contributed by atoms with E-state index >= 15 is 4.39 Å². The number of aromatic carboxylic acids is 1. The van der Waals surface area contributed by atoms with Crippen molar-refractivity contribution >= 4 is 28.5 Å². The number of pyridine rings is 1. The quantitative estimate of drug-likeness (QED) is 0.626. The number of carbonyl (C=O) groups is 2. The zero-order chi connectivity index (χ0) is 23.4. The maximum atomic E-state index is 15.5. The Balaban J connectivity index is 1.69. The number of hydrogen-bond acceptors (Lipinski definition) is 5. The topological polar surface area (TPSA) is 109 Å². The van der Waals surface area contributed by atoms with Gasteiger partial charge in [-0.05, 0) is 18.6 Å². The number of hydrogen-bond donors (Lipinski definition) is 2. The molecule has 0 spiro atoms. The van der Waals surface area contributed by atoms with Crippen LogP contribution in [0.2, 0.25) is 0 Å². The van der Waals surface area contributed by atoms with Gasteiger partial charge in [0.25, 0.3) is 0 Å². The van der Waals surface area contributed by atoms with E-state index in [1.807, 2.05) is 37.3 Å². The Morgan fingerprint density at radius 3 is 2.55 bits per heavy atom. The smallest absolute Gasteiger partial charge is 0.341 e. The number of halogens is 1. The summed E-state index contributed by atoms with van der Waals surface area (Å²) >= 11 is 0. The van der Waals surface area contributed by atoms with E-state index in [0.717, 1.165) is 11.6 Å². The maximum Gasteiger partial charge on any atom is 0.341 e. The Morgan fingerprint density at radius 1 is 1.15 bits per heavy atom. The zero-order valence-electron chi connectivity index (χ0n) is 17.7. The highest BCUT2D eigenvalue weighted by molar-refractivity contribution is 5.97. The second kappa shape index (κ2) is 7.61. The summed E-state index contributed by atoms with van der Waals surface area (Å²) in [6, 6.07) is 9.98. The number of anilines is 1. The molecule has 2 N–H and O–H groups in total. The first-order valence-electron chi connectivity index (χ1n) is 10.6. The molecule has 2 aliphatic heterocycles. The number of aliphatic carboxylic acids is 1. The fraction of sp³-hybridized carbons (Fsp3) is 0.292. The third kappa shape index (κ3) is 3.23. The molecule has 9 heteroatoms. The minimum Gasteiger partial charge on any atom is -0.487 e. The van der Waals surface area contributed by atoms with E-state index in [1.54, 1.807) is 9.47 Å². The van der Waals surface area contributed by atoms with Gasteiger partial charge in [0.05, 0.1) is 22.9 Å². The highest BCUT2D eigenvalue weighted by atomic mass is 19.1. The number of rotatable bonds is 4. The molecule has 8 nitrogen and oxygen atoms in total. The molecule has 0 saturated carbocycles. The first-order chi connectivity index (χ1) is 15.8. The van der Waals surface area contributed by atoms with E-state index in [-0.39, 0.29) is 48.5 Å². The zero-order valence-corrected chi connectivity index (χ0v) is 17.7. The van der Waals surface area contributed by atoms with Gasteiger partial charge in [-0.1, -0.05) is 30.3 Å². The molecule has 0 amide bonds. The van der Waals surface area contributed by atoms with Crippen LogP contribution in [0.15, 0.2) is 47.4 Å². The standard InChI is InChI=1S/C24H21FN2O6/c1-12-11-33-22-19-14(21(28)17(24(31)32)10-27(12)19)7-18(25)20(22)26-8-15(16(9-26)23(29)30)13-5-3-2-4-6-13/h2-7,10,12,15-16H,8-9,11H2,1H3,(H,29,30)(H,31,32)/t12-,15-,16-/m0/s1. The van der Waals surface area contributed by atoms with E-state index < -0.39 is 34.7 Å². The summed E-state index contributed by atoms with van der Waals surface area (Å²) in [5.74, 6) is -4.09. The summed E-state index contributed by atoms with van der Waals surface area (Å²) in [6.07, 6.45) is 1.27. The van der Waals surface area contributed by atoms with Gasteiger partial charge in [-0.2, -0.15) is 0 Å². The van der Waals surface area contributed by atoms with Crippen LogP contribution in [0.3, 0.4) is 0 Å². The molecule has 1 fully saturated rings. The van der Waals surface area contributed by atoms with Gasteiger partial charge in [0.1, 0.15) is 17.9 Å². The van der Waals surface area contributed by atoms with Gasteiger partial charge >= 0.3 is 11.9 Å². The summed E-state index contributed by atoms with van der Waals surface area (Å²) in [6.45, 7) is 2.29. The van der Waals surface area contributed by atoms with Gasteiger partial charge in [-0.15, -0.1) is 0 Å². The van der Waals surface area contributed by atoms with Crippen LogP contribution in [0.5, 0.6) is 5.75 Å². The fourth-order valence-electron chi connectivity index (χ4n) is 4.93. The van der Waals surface area contributed by atoms with Crippen molar-refractivity contribution in [1.82, 2.24) is 4.57 Å². The van der Waals surface area contributed by atoms with Crippen molar-refractivity contribution in [2.45, 2.75) is 18.9 Å². The SMILES string of the molecule is C[C@H]1COc2c(N3C[C@H](C(=O)O)[C@H](c4ccccc4)C3)c(F)cc3c(=O)c(C(=O)O)cn1c23. The molecule has 0 bridgehead atoms. The second-order valence-corrected chi connectivity index (χ2v) is 8.54. The van der Waals surface area contributed by atoms with Crippen LogP contribution in [0.4, 0.5) is 10.1 Å². The third-order valence-electron chi connectivity index (χ3n) is 6.55. The minimum absolute atomic E-state index is 0.0701. The summed E-state index contributed by atoms with van der Waals surface area (Å²) < 4.78 is 23.0. The molecule has 1 aromatic heterocycles. The van der Waals surface area contributed by atoms with Crippen molar-refractivity contribution in [3.8, 4) is 5.75 Å². The summed E-state index contributed by atoms with van der Waals surface area (Å²) in [5.41, 5.74) is 0.0287. The number of nitrogens with zero attached hydrogens (tertiary/aromatic N) is 2. The molecule has 33 heavy (non-hydrogen) atoms. The Labute approximate surface area is 187 Å². The van der Waals surface area contributed by atoms with Crippen LogP contribution in [0, 0.1) is 11.7 Å². The van der Waals surface area contributed by atoms with Crippen LogP contribution < -0.4 is 15.1 Å². The molecule has 3 heterocycles. The lowest BCUT2D eigenvalue weighted by Crippen LogP contribution is -2.29. The van der Waals surface area contributed by atoms with Crippen molar-refractivity contribution in [3.05, 3.63) is 69.8 Å². The predicted octanol–water partition coefficient (Wildman–Crippen LogP) is 3.10. The van der Waals surface area contributed by atoms with Crippen molar-refractivity contribution in [2.24, 2.45) is 5.92 Å². The van der Waals surface area contributed by atoms with Crippen LogP contribution in [0.1, 0.15) is 34.8 Å². The summed E-state index contributed by atoms with van der Waals surface area (Å²) in [7, 11) is 0. The first-order valence-corrected chi connectivity index (χ1v) is 10.6. The fourth-order valence-corrected chi connectivity index (χ4v) is 4.93. The third-order valence-corrected chi connectivity index (χ3v) is 6.55. The van der Waals surface area contributed by atoms with Crippen molar-refractivity contribution in [2.75, 3.05) is 24.6 Å². The number of ether oxygens (including phenoxy) is 1. The van der Waals surface area contributed by atoms with Gasteiger partial charge < -0.3 is 24.4 Å². The molecule has 1 saturated heterocycles. The lowest BCUT2D eigenvalue weighted by Gasteiger charge is -2.31. The van der Waals surface area contributed by atoms with Crippen molar-refractivity contribution < 1.29 is 28.9 Å². The Bertz CT molecular complexity index is 1350. The van der Waals surface area contributed by atoms with Gasteiger partial charge in [0.15, 0.2) is 11.6 Å². The minimum atomic E-state index is -1.38. The molecular weight excluding hydrogens is 431 g/mol. The molecule has 3 aromatic rings. The molecule has 0 unspecified atom stereocenters. The molecule has 5 rings (SSSR count). The number of carboxylic acids is 2. The van der Waals surface area contributed by atoms with E-state index in [0.29, 0.717) is 5.52 Å². The lowest BCUT2D eigenvalue weighted by molar-refractivity contribution is -0.141. The van der Waals surface area contributed by atoms with Gasteiger partial charge in [-0.3, -0.25) is 9.59 Å². The average molecular weight is 452 g/mol. The van der Waals surface area contributed by atoms with E-state index in [2.05, 4.69) is 0 Å². The van der Waals surface area contributed by atoms with Gasteiger partial charge in [0.2, 0.25) is 5.43 Å². The molecular formula is C24H21FN2O6. The predicted molar refractivity (Wildman–Crippen MR) is 118 cm³/mol. The van der Waals surface area contributed by atoms with Crippen LogP contribution in [-0.2, 0) is 4.79 Å². The Hall–Kier alpha value is -3.88. The molecule has 170 valence electrons.